The van der Waals surface area contributed by atoms with Crippen molar-refractivity contribution in [2.45, 2.75) is 18.2 Å². The van der Waals surface area contributed by atoms with Gasteiger partial charge < -0.3 is 9.47 Å². The van der Waals surface area contributed by atoms with E-state index in [1.165, 1.54) is 32.7 Å². The van der Waals surface area contributed by atoms with Gasteiger partial charge in [0.1, 0.15) is 22.2 Å². The molecule has 0 aliphatic rings. The second-order valence-electron chi connectivity index (χ2n) is 4.14. The molecule has 2 rings (SSSR count). The second kappa shape index (κ2) is 6.07. The summed E-state index contributed by atoms with van der Waals surface area (Å²) in [5, 5.41) is 0. The number of methoxy groups -OCH3 is 2. The summed E-state index contributed by atoms with van der Waals surface area (Å²) < 4.78 is 37.7. The van der Waals surface area contributed by atoms with E-state index in [9.17, 15) is 8.42 Å². The van der Waals surface area contributed by atoms with Gasteiger partial charge in [0.15, 0.2) is 0 Å². The first-order valence-corrected chi connectivity index (χ1v) is 8.38. The Morgan fingerprint density at radius 3 is 2.48 bits per heavy atom. The molecule has 0 saturated heterocycles. The maximum absolute atomic E-state index is 12.8. The molecular weight excluding hydrogens is 360 g/mol. The fourth-order valence-corrected chi connectivity index (χ4v) is 3.95. The average Bonchev–Trinajstić information content (AvgIpc) is 2.95. The molecule has 0 radical (unpaired) electrons. The zero-order valence-corrected chi connectivity index (χ0v) is 14.2. The van der Waals surface area contributed by atoms with Crippen molar-refractivity contribution < 1.29 is 17.9 Å². The predicted octanol–water partition coefficient (Wildman–Crippen LogP) is 2.46. The molecule has 1 aromatic heterocycles. The van der Waals surface area contributed by atoms with Crippen LogP contribution in [-0.2, 0) is 16.4 Å². The summed E-state index contributed by atoms with van der Waals surface area (Å²) >= 11 is 3.31. The topological polar surface area (TPSA) is 70.4 Å². The highest BCUT2D eigenvalue weighted by atomic mass is 79.9. The number of rotatable bonds is 5. The van der Waals surface area contributed by atoms with Gasteiger partial charge in [-0.3, -0.25) is 0 Å². The van der Waals surface area contributed by atoms with Crippen LogP contribution in [0.3, 0.4) is 0 Å². The number of hydrogen-bond acceptors (Lipinski definition) is 5. The van der Waals surface area contributed by atoms with Gasteiger partial charge in [0.05, 0.1) is 18.7 Å². The molecule has 21 heavy (non-hydrogen) atoms. The highest BCUT2D eigenvalue weighted by molar-refractivity contribution is 9.10. The molecule has 0 aliphatic heterocycles. The van der Waals surface area contributed by atoms with Crippen LogP contribution in [0.25, 0.3) is 0 Å². The van der Waals surface area contributed by atoms with Crippen molar-refractivity contribution >= 4 is 26.0 Å². The summed E-state index contributed by atoms with van der Waals surface area (Å²) in [6, 6.07) is 2.99. The lowest BCUT2D eigenvalue weighted by Crippen LogP contribution is -2.16. The number of imidazole rings is 1. The number of nitrogens with zero attached hydrogens (tertiary/aromatic N) is 2. The van der Waals surface area contributed by atoms with Crippen LogP contribution >= 0.6 is 15.9 Å². The molecule has 0 spiro atoms. The van der Waals surface area contributed by atoms with E-state index in [-0.39, 0.29) is 10.6 Å². The maximum atomic E-state index is 12.8. The number of hydrogen-bond donors (Lipinski definition) is 0. The zero-order chi connectivity index (χ0) is 15.6. The van der Waals surface area contributed by atoms with Crippen LogP contribution in [0.15, 0.2) is 33.9 Å². The van der Waals surface area contributed by atoms with Crippen LogP contribution in [0.5, 0.6) is 11.5 Å². The minimum absolute atomic E-state index is 0.0257. The van der Waals surface area contributed by atoms with Crippen molar-refractivity contribution in [3.8, 4) is 11.5 Å². The van der Waals surface area contributed by atoms with Gasteiger partial charge in [-0.1, -0.05) is 6.92 Å². The molecule has 0 aliphatic carbocycles. The normalized spacial score (nSPS) is 11.4. The van der Waals surface area contributed by atoms with Crippen molar-refractivity contribution in [2.75, 3.05) is 14.2 Å². The molecule has 8 heteroatoms. The third-order valence-electron chi connectivity index (χ3n) is 2.97. The summed E-state index contributed by atoms with van der Waals surface area (Å²) in [5.41, 5.74) is 0. The van der Waals surface area contributed by atoms with Gasteiger partial charge in [-0.15, -0.1) is 0 Å². The SMILES string of the molecule is CCc1nccn1S(=O)(=O)c1cc(OC)c(Br)cc1OC. The Bertz CT molecular complexity index is 756. The molecule has 0 saturated carbocycles. The summed E-state index contributed by atoms with van der Waals surface area (Å²) in [6.45, 7) is 1.84. The standard InChI is InChI=1S/C13H15BrN2O4S/c1-4-13-15-5-6-16(13)21(17,18)12-8-10(19-2)9(14)7-11(12)20-3/h5-8H,4H2,1-3H3. The molecule has 6 nitrogen and oxygen atoms in total. The fourth-order valence-electron chi connectivity index (χ4n) is 1.93. The van der Waals surface area contributed by atoms with E-state index in [4.69, 9.17) is 9.47 Å². The van der Waals surface area contributed by atoms with E-state index in [1.807, 2.05) is 6.92 Å². The van der Waals surface area contributed by atoms with Gasteiger partial charge in [-0.2, -0.15) is 0 Å². The van der Waals surface area contributed by atoms with E-state index in [0.29, 0.717) is 22.5 Å². The van der Waals surface area contributed by atoms with Gasteiger partial charge in [0, 0.05) is 24.9 Å². The molecule has 1 heterocycles. The molecule has 0 fully saturated rings. The zero-order valence-electron chi connectivity index (χ0n) is 11.8. The monoisotopic (exact) mass is 374 g/mol. The van der Waals surface area contributed by atoms with E-state index in [1.54, 1.807) is 6.07 Å². The Morgan fingerprint density at radius 1 is 1.24 bits per heavy atom. The Labute approximate surface area is 131 Å². The minimum Gasteiger partial charge on any atom is -0.496 e. The van der Waals surface area contributed by atoms with Crippen LogP contribution in [0, 0.1) is 0 Å². The largest absolute Gasteiger partial charge is 0.496 e. The van der Waals surface area contributed by atoms with Gasteiger partial charge >= 0.3 is 0 Å². The summed E-state index contributed by atoms with van der Waals surface area (Å²) in [7, 11) is -0.914. The van der Waals surface area contributed by atoms with Crippen molar-refractivity contribution in [3.05, 3.63) is 34.8 Å². The minimum atomic E-state index is -3.80. The Balaban J connectivity index is 2.70. The van der Waals surface area contributed by atoms with Crippen molar-refractivity contribution in [3.63, 3.8) is 0 Å². The first kappa shape index (κ1) is 15.8. The van der Waals surface area contributed by atoms with Crippen LogP contribution < -0.4 is 9.47 Å². The summed E-state index contributed by atoms with van der Waals surface area (Å²) in [6.07, 6.45) is 3.38. The Hall–Kier alpha value is -1.54. The van der Waals surface area contributed by atoms with Gasteiger partial charge in [-0.25, -0.2) is 17.4 Å². The van der Waals surface area contributed by atoms with E-state index >= 15 is 0 Å². The maximum Gasteiger partial charge on any atom is 0.272 e. The van der Waals surface area contributed by atoms with Crippen molar-refractivity contribution in [1.82, 2.24) is 8.96 Å². The molecular formula is C13H15BrN2O4S. The summed E-state index contributed by atoms with van der Waals surface area (Å²) in [5.74, 6) is 1.10. The Kier molecular flexibility index (Phi) is 4.58. The molecule has 0 bridgehead atoms. The number of halogens is 1. The number of aromatic nitrogens is 2. The average molecular weight is 375 g/mol. The third-order valence-corrected chi connectivity index (χ3v) is 5.32. The number of aryl methyl sites for hydroxylation is 1. The third kappa shape index (κ3) is 2.77. The lowest BCUT2D eigenvalue weighted by Gasteiger charge is -2.14. The Morgan fingerprint density at radius 2 is 1.90 bits per heavy atom. The number of benzene rings is 1. The van der Waals surface area contributed by atoms with Gasteiger partial charge in [0.2, 0.25) is 0 Å². The van der Waals surface area contributed by atoms with Crippen LogP contribution in [0.1, 0.15) is 12.7 Å². The smallest absolute Gasteiger partial charge is 0.272 e. The number of ether oxygens (including phenoxy) is 2. The lowest BCUT2D eigenvalue weighted by molar-refractivity contribution is 0.390. The van der Waals surface area contributed by atoms with E-state index in [0.717, 1.165) is 3.97 Å². The quantitative estimate of drug-likeness (QED) is 0.803. The van der Waals surface area contributed by atoms with Crippen LogP contribution in [-0.4, -0.2) is 31.6 Å². The molecule has 0 atom stereocenters. The van der Waals surface area contributed by atoms with Crippen LogP contribution in [0.2, 0.25) is 0 Å². The molecule has 114 valence electrons. The fraction of sp³-hybridized carbons (Fsp3) is 0.308. The molecule has 2 aromatic rings. The summed E-state index contributed by atoms with van der Waals surface area (Å²) in [4.78, 5) is 4.07. The molecule has 0 unspecified atom stereocenters. The van der Waals surface area contributed by atoms with Crippen molar-refractivity contribution in [1.29, 1.82) is 0 Å². The molecule has 1 aromatic carbocycles. The lowest BCUT2D eigenvalue weighted by atomic mass is 10.3. The van der Waals surface area contributed by atoms with Gasteiger partial charge in [-0.05, 0) is 22.0 Å². The second-order valence-corrected chi connectivity index (χ2v) is 6.77. The first-order valence-electron chi connectivity index (χ1n) is 6.15. The highest BCUT2D eigenvalue weighted by Gasteiger charge is 2.25. The highest BCUT2D eigenvalue weighted by Crippen LogP contribution is 2.36. The van der Waals surface area contributed by atoms with Crippen LogP contribution in [0.4, 0.5) is 0 Å². The predicted molar refractivity (Wildman–Crippen MR) is 81.4 cm³/mol. The van der Waals surface area contributed by atoms with E-state index < -0.39 is 10.0 Å². The van der Waals surface area contributed by atoms with Gasteiger partial charge in [0.25, 0.3) is 10.0 Å². The molecule has 0 N–H and O–H groups in total. The first-order chi connectivity index (χ1) is 9.95. The van der Waals surface area contributed by atoms with E-state index in [2.05, 4.69) is 20.9 Å². The molecule has 0 amide bonds. The van der Waals surface area contributed by atoms with Crippen molar-refractivity contribution in [2.24, 2.45) is 0 Å².